The summed E-state index contributed by atoms with van der Waals surface area (Å²) in [6.45, 7) is 3.11. The van der Waals surface area contributed by atoms with Crippen LogP contribution in [0, 0.1) is 0 Å². The molecule has 5 rings (SSSR count). The number of esters is 1. The number of benzene rings is 2. The van der Waals surface area contributed by atoms with E-state index in [1.165, 1.54) is 5.56 Å². The molecule has 1 aliphatic heterocycles. The number of hydrogen-bond acceptors (Lipinski definition) is 7. The Labute approximate surface area is 239 Å². The normalized spacial score (nSPS) is 19.4. The van der Waals surface area contributed by atoms with Gasteiger partial charge in [0.1, 0.15) is 11.9 Å². The van der Waals surface area contributed by atoms with Crippen LogP contribution in [0.4, 0.5) is 5.69 Å². The molecule has 3 aromatic rings. The standard InChI is InChI=1S/C30H35ClN4O5/c1-3-39-30(37)28-29(35(33-32-28)19-20-7-12-23(38-2)13-8-20)40-24-14-9-21(10-15-24)22-11-16-26(25(31)18-22)34-17-5-4-6-27(34)36/h7-8,11-13,16,18,21,24H,3-6,9-10,14-15,17,19H2,1-2H3/t21-,24-. The van der Waals surface area contributed by atoms with Crippen LogP contribution in [-0.4, -0.2) is 53.2 Å². The number of amides is 1. The fraction of sp³-hybridized carbons (Fsp3) is 0.467. The zero-order valence-corrected chi connectivity index (χ0v) is 23.7. The molecule has 1 saturated heterocycles. The van der Waals surface area contributed by atoms with E-state index in [2.05, 4.69) is 16.4 Å². The summed E-state index contributed by atoms with van der Waals surface area (Å²) in [6, 6.07) is 13.7. The second kappa shape index (κ2) is 12.7. The molecule has 1 amide bonds. The van der Waals surface area contributed by atoms with E-state index >= 15 is 0 Å². The first kappa shape index (κ1) is 28.0. The number of carbonyl (C=O) groups is 2. The third-order valence-corrected chi connectivity index (χ3v) is 7.96. The lowest BCUT2D eigenvalue weighted by atomic mass is 9.82. The van der Waals surface area contributed by atoms with Crippen molar-refractivity contribution < 1.29 is 23.8 Å². The molecule has 0 spiro atoms. The third kappa shape index (κ3) is 6.25. The minimum absolute atomic E-state index is 0.0849. The highest BCUT2D eigenvalue weighted by Crippen LogP contribution is 2.38. The lowest BCUT2D eigenvalue weighted by molar-refractivity contribution is -0.119. The highest BCUT2D eigenvalue weighted by molar-refractivity contribution is 6.33. The van der Waals surface area contributed by atoms with Crippen LogP contribution in [0.5, 0.6) is 11.6 Å². The number of ether oxygens (including phenoxy) is 3. The summed E-state index contributed by atoms with van der Waals surface area (Å²) in [7, 11) is 1.63. The van der Waals surface area contributed by atoms with Crippen LogP contribution in [0.25, 0.3) is 0 Å². The van der Waals surface area contributed by atoms with Gasteiger partial charge in [-0.05, 0) is 86.8 Å². The van der Waals surface area contributed by atoms with E-state index in [4.69, 9.17) is 25.8 Å². The van der Waals surface area contributed by atoms with Crippen molar-refractivity contribution in [2.24, 2.45) is 0 Å². The van der Waals surface area contributed by atoms with Crippen LogP contribution in [0.2, 0.25) is 5.02 Å². The van der Waals surface area contributed by atoms with Crippen LogP contribution in [-0.2, 0) is 16.1 Å². The van der Waals surface area contributed by atoms with Crippen molar-refractivity contribution in [1.29, 1.82) is 0 Å². The molecule has 10 heteroatoms. The number of anilines is 1. The van der Waals surface area contributed by atoms with Gasteiger partial charge in [-0.2, -0.15) is 0 Å². The predicted octanol–water partition coefficient (Wildman–Crippen LogP) is 5.79. The van der Waals surface area contributed by atoms with Gasteiger partial charge < -0.3 is 19.1 Å². The maximum atomic E-state index is 12.6. The summed E-state index contributed by atoms with van der Waals surface area (Å²) < 4.78 is 18.5. The minimum Gasteiger partial charge on any atom is -0.497 e. The van der Waals surface area contributed by atoms with E-state index < -0.39 is 5.97 Å². The number of hydrogen-bond donors (Lipinski definition) is 0. The number of methoxy groups -OCH3 is 1. The van der Waals surface area contributed by atoms with Crippen molar-refractivity contribution in [1.82, 2.24) is 15.0 Å². The highest BCUT2D eigenvalue weighted by atomic mass is 35.5. The molecule has 1 aliphatic carbocycles. The number of aromatic nitrogens is 3. The van der Waals surface area contributed by atoms with Crippen LogP contribution < -0.4 is 14.4 Å². The molecule has 2 aliphatic rings. The van der Waals surface area contributed by atoms with Crippen molar-refractivity contribution in [2.75, 3.05) is 25.2 Å². The number of rotatable bonds is 9. The molecule has 212 valence electrons. The Morgan fingerprint density at radius 1 is 1.07 bits per heavy atom. The van der Waals surface area contributed by atoms with Crippen molar-refractivity contribution in [3.05, 3.63) is 64.3 Å². The highest BCUT2D eigenvalue weighted by Gasteiger charge is 2.30. The maximum Gasteiger partial charge on any atom is 0.364 e. The van der Waals surface area contributed by atoms with Crippen LogP contribution in [0.1, 0.15) is 79.4 Å². The maximum absolute atomic E-state index is 12.6. The first-order chi connectivity index (χ1) is 19.5. The molecule has 0 atom stereocenters. The van der Waals surface area contributed by atoms with Gasteiger partial charge in [-0.3, -0.25) is 4.79 Å². The third-order valence-electron chi connectivity index (χ3n) is 7.66. The Morgan fingerprint density at radius 3 is 2.52 bits per heavy atom. The van der Waals surface area contributed by atoms with Crippen molar-refractivity contribution in [3.8, 4) is 11.6 Å². The van der Waals surface area contributed by atoms with Crippen molar-refractivity contribution >= 4 is 29.2 Å². The van der Waals surface area contributed by atoms with Gasteiger partial charge in [0, 0.05) is 13.0 Å². The second-order valence-corrected chi connectivity index (χ2v) is 10.7. The van der Waals surface area contributed by atoms with Gasteiger partial charge in [-0.25, -0.2) is 9.48 Å². The Balaban J connectivity index is 1.26. The molecule has 0 bridgehead atoms. The summed E-state index contributed by atoms with van der Waals surface area (Å²) in [5.74, 6) is 1.03. The fourth-order valence-corrected chi connectivity index (χ4v) is 5.78. The zero-order valence-electron chi connectivity index (χ0n) is 23.0. The Hall–Kier alpha value is -3.59. The molecular weight excluding hydrogens is 532 g/mol. The van der Waals surface area contributed by atoms with Gasteiger partial charge in [0.25, 0.3) is 0 Å². The Morgan fingerprint density at radius 2 is 1.85 bits per heavy atom. The lowest BCUT2D eigenvalue weighted by Crippen LogP contribution is -2.35. The van der Waals surface area contributed by atoms with E-state index in [0.717, 1.165) is 62.1 Å². The Kier molecular flexibility index (Phi) is 8.89. The summed E-state index contributed by atoms with van der Waals surface area (Å²) in [5, 5.41) is 8.94. The molecule has 1 aromatic heterocycles. The van der Waals surface area contributed by atoms with Gasteiger partial charge in [-0.15, -0.1) is 5.10 Å². The quantitative estimate of drug-likeness (QED) is 0.303. The Bertz CT molecular complexity index is 1330. The van der Waals surface area contributed by atoms with E-state index in [1.54, 1.807) is 18.7 Å². The largest absolute Gasteiger partial charge is 0.497 e. The second-order valence-electron chi connectivity index (χ2n) is 10.3. The first-order valence-electron chi connectivity index (χ1n) is 14.0. The molecule has 0 unspecified atom stereocenters. The number of halogens is 1. The summed E-state index contributed by atoms with van der Waals surface area (Å²) in [5.41, 5.74) is 3.04. The smallest absolute Gasteiger partial charge is 0.364 e. The van der Waals surface area contributed by atoms with Crippen LogP contribution in [0.3, 0.4) is 0 Å². The predicted molar refractivity (Wildman–Crippen MR) is 151 cm³/mol. The van der Waals surface area contributed by atoms with Gasteiger partial charge in [0.15, 0.2) is 0 Å². The van der Waals surface area contributed by atoms with E-state index in [9.17, 15) is 9.59 Å². The van der Waals surface area contributed by atoms with Gasteiger partial charge in [0.05, 0.1) is 31.0 Å². The van der Waals surface area contributed by atoms with E-state index in [0.29, 0.717) is 29.8 Å². The molecular formula is C30H35ClN4O5. The van der Waals surface area contributed by atoms with Crippen LogP contribution in [0.15, 0.2) is 42.5 Å². The first-order valence-corrected chi connectivity index (χ1v) is 14.3. The lowest BCUT2D eigenvalue weighted by Gasteiger charge is -2.31. The summed E-state index contributed by atoms with van der Waals surface area (Å²) in [6.07, 6.45) is 5.88. The van der Waals surface area contributed by atoms with Gasteiger partial charge >= 0.3 is 5.97 Å². The van der Waals surface area contributed by atoms with E-state index in [-0.39, 0.29) is 24.3 Å². The molecule has 2 heterocycles. The average molecular weight is 567 g/mol. The molecule has 9 nitrogen and oxygen atoms in total. The monoisotopic (exact) mass is 566 g/mol. The molecule has 2 fully saturated rings. The molecule has 1 saturated carbocycles. The minimum atomic E-state index is -0.547. The van der Waals surface area contributed by atoms with E-state index in [1.807, 2.05) is 41.3 Å². The summed E-state index contributed by atoms with van der Waals surface area (Å²) >= 11 is 6.66. The molecule has 0 N–H and O–H groups in total. The zero-order chi connectivity index (χ0) is 28.1. The van der Waals surface area contributed by atoms with Crippen LogP contribution >= 0.6 is 11.6 Å². The van der Waals surface area contributed by atoms with Crippen molar-refractivity contribution in [2.45, 2.75) is 70.4 Å². The molecule has 40 heavy (non-hydrogen) atoms. The molecule has 0 radical (unpaired) electrons. The van der Waals surface area contributed by atoms with Crippen molar-refractivity contribution in [3.63, 3.8) is 0 Å². The van der Waals surface area contributed by atoms with Gasteiger partial charge in [0.2, 0.25) is 17.5 Å². The number of carbonyl (C=O) groups excluding carboxylic acids is 2. The topological polar surface area (TPSA) is 95.8 Å². The molecule has 2 aromatic carbocycles. The number of nitrogens with zero attached hydrogens (tertiary/aromatic N) is 4. The average Bonchev–Trinajstić information content (AvgIpc) is 3.36. The SMILES string of the molecule is CCOC(=O)c1nnn(Cc2ccc(OC)cc2)c1O[C@H]1CC[C@H](c2ccc(N3CCCCC3=O)c(Cl)c2)CC1. The summed E-state index contributed by atoms with van der Waals surface area (Å²) in [4.78, 5) is 26.8. The fourth-order valence-electron chi connectivity index (χ4n) is 5.48. The number of piperidine rings is 1. The van der Waals surface area contributed by atoms with Gasteiger partial charge in [-0.1, -0.05) is 35.0 Å².